The molecule has 0 saturated carbocycles. The molecule has 56 heavy (non-hydrogen) atoms. The van der Waals surface area contributed by atoms with E-state index in [0.717, 1.165) is 19.3 Å². The van der Waals surface area contributed by atoms with Gasteiger partial charge in [0, 0.05) is 5.92 Å². The zero-order valence-electron chi connectivity index (χ0n) is 39.2. The number of nitrogens with two attached hydrogens (primary N) is 1. The summed E-state index contributed by atoms with van der Waals surface area (Å²) in [5, 5.41) is 0. The van der Waals surface area contributed by atoms with Crippen molar-refractivity contribution in [3.63, 3.8) is 0 Å². The van der Waals surface area contributed by atoms with Gasteiger partial charge in [0.25, 0.3) is 0 Å². The highest BCUT2D eigenvalue weighted by Crippen LogP contribution is 2.20. The Hall–Kier alpha value is -0.790. The molecular formula is C54H107NO. The Morgan fingerprint density at radius 1 is 0.304 bits per heavy atom. The third kappa shape index (κ3) is 47.6. The molecule has 1 amide bonds. The average Bonchev–Trinajstić information content (AvgIpc) is 3.20. The number of allylic oxidation sites excluding steroid dienone is 2. The molecule has 0 aliphatic rings. The van der Waals surface area contributed by atoms with Crippen LogP contribution in [0.1, 0.15) is 322 Å². The average molecular weight is 786 g/mol. The summed E-state index contributed by atoms with van der Waals surface area (Å²) in [6.45, 7) is 4.60. The quantitative estimate of drug-likeness (QED) is 0.0484. The number of primary amides is 1. The summed E-state index contributed by atoms with van der Waals surface area (Å²) < 4.78 is 0. The second-order valence-corrected chi connectivity index (χ2v) is 18.6. The van der Waals surface area contributed by atoms with Crippen molar-refractivity contribution >= 4 is 5.91 Å². The highest BCUT2D eigenvalue weighted by molar-refractivity contribution is 5.76. The normalized spacial score (nSPS) is 12.3. The van der Waals surface area contributed by atoms with Crippen molar-refractivity contribution in [2.45, 2.75) is 322 Å². The molecule has 0 aromatic rings. The SMILES string of the molecule is CCCCCCCCCCCCCCCCCCCCCCCCCCC=CCCCCCCC(CCCCCCCCCCCCCCCCCC)C(N)=O. The van der Waals surface area contributed by atoms with Crippen molar-refractivity contribution in [1.82, 2.24) is 0 Å². The Morgan fingerprint density at radius 3 is 0.679 bits per heavy atom. The van der Waals surface area contributed by atoms with E-state index in [1.165, 1.54) is 289 Å². The van der Waals surface area contributed by atoms with Gasteiger partial charge in [-0.15, -0.1) is 0 Å². The van der Waals surface area contributed by atoms with Crippen molar-refractivity contribution in [3.8, 4) is 0 Å². The maximum Gasteiger partial charge on any atom is 0.220 e. The van der Waals surface area contributed by atoms with E-state index in [1.54, 1.807) is 0 Å². The van der Waals surface area contributed by atoms with Gasteiger partial charge in [0.15, 0.2) is 0 Å². The lowest BCUT2D eigenvalue weighted by Gasteiger charge is -2.13. The molecule has 0 aliphatic carbocycles. The number of amides is 1. The number of carbonyl (C=O) groups is 1. The van der Waals surface area contributed by atoms with Gasteiger partial charge < -0.3 is 5.73 Å². The third-order valence-electron chi connectivity index (χ3n) is 12.9. The number of hydrogen-bond acceptors (Lipinski definition) is 1. The van der Waals surface area contributed by atoms with Crippen LogP contribution in [-0.4, -0.2) is 5.91 Å². The number of rotatable bonds is 50. The lowest BCUT2D eigenvalue weighted by Crippen LogP contribution is -2.23. The fraction of sp³-hybridized carbons (Fsp3) is 0.944. The van der Waals surface area contributed by atoms with Gasteiger partial charge in [-0.3, -0.25) is 4.79 Å². The van der Waals surface area contributed by atoms with E-state index in [-0.39, 0.29) is 11.8 Å². The molecule has 0 fully saturated rings. The van der Waals surface area contributed by atoms with Crippen LogP contribution in [0.4, 0.5) is 0 Å². The van der Waals surface area contributed by atoms with Crippen LogP contribution in [0, 0.1) is 5.92 Å². The summed E-state index contributed by atoms with van der Waals surface area (Å²) in [6, 6.07) is 0. The molecule has 2 N–H and O–H groups in total. The van der Waals surface area contributed by atoms with Gasteiger partial charge in [0.2, 0.25) is 5.91 Å². The summed E-state index contributed by atoms with van der Waals surface area (Å²) >= 11 is 0. The first-order valence-corrected chi connectivity index (χ1v) is 26.7. The van der Waals surface area contributed by atoms with Gasteiger partial charge in [0.05, 0.1) is 0 Å². The van der Waals surface area contributed by atoms with E-state index in [9.17, 15) is 4.79 Å². The molecule has 2 heteroatoms. The van der Waals surface area contributed by atoms with Crippen LogP contribution in [-0.2, 0) is 4.79 Å². The predicted octanol–water partition coefficient (Wildman–Crippen LogP) is 19.4. The van der Waals surface area contributed by atoms with Crippen molar-refractivity contribution in [2.24, 2.45) is 11.7 Å². The standard InChI is InChI=1S/C54H107NO/c1-3-5-7-9-11-13-15-17-19-21-22-23-24-25-26-27-28-29-30-31-32-33-34-35-36-38-40-42-44-46-48-50-52-53(54(55)56)51-49-47-45-43-41-39-37-20-18-16-14-12-10-8-6-4-2/h38,40,53H,3-37,39,41-52H2,1-2H3,(H2,55,56). The first-order valence-electron chi connectivity index (χ1n) is 26.7. The van der Waals surface area contributed by atoms with E-state index in [4.69, 9.17) is 5.73 Å². The largest absolute Gasteiger partial charge is 0.369 e. The van der Waals surface area contributed by atoms with Crippen LogP contribution in [0.2, 0.25) is 0 Å². The molecular weight excluding hydrogens is 679 g/mol. The van der Waals surface area contributed by atoms with Crippen molar-refractivity contribution in [1.29, 1.82) is 0 Å². The Bertz CT molecular complexity index is 745. The van der Waals surface area contributed by atoms with Crippen molar-refractivity contribution in [3.05, 3.63) is 12.2 Å². The smallest absolute Gasteiger partial charge is 0.220 e. The predicted molar refractivity (Wildman–Crippen MR) is 255 cm³/mol. The van der Waals surface area contributed by atoms with Gasteiger partial charge in [-0.2, -0.15) is 0 Å². The Balaban J connectivity index is 3.33. The molecule has 0 aromatic carbocycles. The lowest BCUT2D eigenvalue weighted by molar-refractivity contribution is -0.122. The molecule has 2 nitrogen and oxygen atoms in total. The maximum absolute atomic E-state index is 12.0. The molecule has 1 unspecified atom stereocenters. The van der Waals surface area contributed by atoms with Gasteiger partial charge in [-0.25, -0.2) is 0 Å². The fourth-order valence-corrected chi connectivity index (χ4v) is 8.83. The highest BCUT2D eigenvalue weighted by atomic mass is 16.1. The van der Waals surface area contributed by atoms with Gasteiger partial charge in [-0.1, -0.05) is 296 Å². The second-order valence-electron chi connectivity index (χ2n) is 18.6. The highest BCUT2D eigenvalue weighted by Gasteiger charge is 2.14. The van der Waals surface area contributed by atoms with Crippen molar-refractivity contribution < 1.29 is 4.79 Å². The minimum Gasteiger partial charge on any atom is -0.369 e. The van der Waals surface area contributed by atoms with Crippen LogP contribution in [0.3, 0.4) is 0 Å². The van der Waals surface area contributed by atoms with Gasteiger partial charge >= 0.3 is 0 Å². The minimum absolute atomic E-state index is 0.0605. The van der Waals surface area contributed by atoms with E-state index in [0.29, 0.717) is 0 Å². The third-order valence-corrected chi connectivity index (χ3v) is 12.9. The molecule has 1 atom stereocenters. The summed E-state index contributed by atoms with van der Waals surface area (Å²) in [6.07, 6.45) is 71.6. The van der Waals surface area contributed by atoms with Crippen LogP contribution in [0.25, 0.3) is 0 Å². The summed E-state index contributed by atoms with van der Waals surface area (Å²) in [4.78, 5) is 12.0. The minimum atomic E-state index is -0.0605. The molecule has 0 bridgehead atoms. The molecule has 0 rings (SSSR count). The summed E-state index contributed by atoms with van der Waals surface area (Å²) in [7, 11) is 0. The van der Waals surface area contributed by atoms with E-state index < -0.39 is 0 Å². The lowest BCUT2D eigenvalue weighted by atomic mass is 9.93. The van der Waals surface area contributed by atoms with E-state index in [1.807, 2.05) is 0 Å². The first kappa shape index (κ1) is 55.2. The molecule has 0 aliphatic heterocycles. The number of hydrogen-bond donors (Lipinski definition) is 1. The topological polar surface area (TPSA) is 43.1 Å². The monoisotopic (exact) mass is 786 g/mol. The van der Waals surface area contributed by atoms with E-state index >= 15 is 0 Å². The summed E-state index contributed by atoms with van der Waals surface area (Å²) in [5.41, 5.74) is 5.77. The Kier molecular flexibility index (Phi) is 49.6. The molecule has 0 heterocycles. The van der Waals surface area contributed by atoms with Gasteiger partial charge in [0.1, 0.15) is 0 Å². The second kappa shape index (κ2) is 50.4. The van der Waals surface area contributed by atoms with Crippen molar-refractivity contribution in [2.75, 3.05) is 0 Å². The Morgan fingerprint density at radius 2 is 0.482 bits per heavy atom. The fourth-order valence-electron chi connectivity index (χ4n) is 8.83. The van der Waals surface area contributed by atoms with Crippen LogP contribution < -0.4 is 5.73 Å². The van der Waals surface area contributed by atoms with Gasteiger partial charge in [-0.05, 0) is 38.5 Å². The molecule has 0 aromatic heterocycles. The van der Waals surface area contributed by atoms with Crippen LogP contribution >= 0.6 is 0 Å². The first-order chi connectivity index (χ1) is 27.7. The van der Waals surface area contributed by atoms with E-state index in [2.05, 4.69) is 26.0 Å². The molecule has 0 radical (unpaired) electrons. The number of unbranched alkanes of at least 4 members (excludes halogenated alkanes) is 43. The maximum atomic E-state index is 12.0. The summed E-state index contributed by atoms with van der Waals surface area (Å²) in [5.74, 6) is 0.0460. The van der Waals surface area contributed by atoms with Crippen LogP contribution in [0.5, 0.6) is 0 Å². The number of carbonyl (C=O) groups excluding carboxylic acids is 1. The molecule has 334 valence electrons. The molecule has 0 spiro atoms. The zero-order valence-corrected chi connectivity index (χ0v) is 39.2. The zero-order chi connectivity index (χ0) is 40.5. The Labute approximate surface area is 355 Å². The molecule has 0 saturated heterocycles. The van der Waals surface area contributed by atoms with Crippen LogP contribution in [0.15, 0.2) is 12.2 Å².